The van der Waals surface area contributed by atoms with E-state index in [9.17, 15) is 8.42 Å². The highest BCUT2D eigenvalue weighted by atomic mass is 79.9. The number of hydrogen-bond donors (Lipinski definition) is 1. The first kappa shape index (κ1) is 11.7. The Balaban J connectivity index is 2.93. The highest BCUT2D eigenvalue weighted by Gasteiger charge is 2.12. The van der Waals surface area contributed by atoms with Gasteiger partial charge < -0.3 is 0 Å². The maximum Gasteiger partial charge on any atom is 0.240 e. The van der Waals surface area contributed by atoms with Gasteiger partial charge in [-0.3, -0.25) is 0 Å². The van der Waals surface area contributed by atoms with Crippen molar-refractivity contribution >= 4 is 26.0 Å². The Bertz CT molecular complexity index is 403. The minimum Gasteiger partial charge on any atom is -0.210 e. The van der Waals surface area contributed by atoms with Gasteiger partial charge in [0.15, 0.2) is 0 Å². The van der Waals surface area contributed by atoms with Crippen LogP contribution in [0.4, 0.5) is 0 Å². The predicted molar refractivity (Wildman–Crippen MR) is 60.2 cm³/mol. The quantitative estimate of drug-likeness (QED) is 0.851. The van der Waals surface area contributed by atoms with Crippen LogP contribution in [-0.4, -0.2) is 20.3 Å². The van der Waals surface area contributed by atoms with E-state index in [1.165, 1.54) is 0 Å². The maximum atomic E-state index is 11.6. The molecule has 0 atom stereocenters. The molecule has 0 saturated carbocycles. The Morgan fingerprint density at radius 1 is 1.43 bits per heavy atom. The minimum atomic E-state index is -3.32. The van der Waals surface area contributed by atoms with Crippen molar-refractivity contribution in [2.24, 2.45) is 0 Å². The normalized spacial score (nSPS) is 11.6. The molecule has 0 bridgehead atoms. The van der Waals surface area contributed by atoms with E-state index in [0.717, 1.165) is 5.56 Å². The van der Waals surface area contributed by atoms with E-state index in [1.54, 1.807) is 18.2 Å². The molecule has 0 amide bonds. The molecule has 0 aliphatic carbocycles. The number of halogens is 1. The zero-order valence-corrected chi connectivity index (χ0v) is 10.2. The first-order valence-corrected chi connectivity index (χ1v) is 6.79. The monoisotopic (exact) mass is 277 g/mol. The molecule has 0 heterocycles. The highest BCUT2D eigenvalue weighted by molar-refractivity contribution is 9.09. The Morgan fingerprint density at radius 3 is 2.71 bits per heavy atom. The van der Waals surface area contributed by atoms with E-state index < -0.39 is 10.0 Å². The minimum absolute atomic E-state index is 0.318. The Labute approximate surface area is 92.7 Å². The molecule has 0 radical (unpaired) electrons. The summed E-state index contributed by atoms with van der Waals surface area (Å²) < 4.78 is 25.7. The second-order valence-electron chi connectivity index (χ2n) is 2.90. The predicted octanol–water partition coefficient (Wildman–Crippen LogP) is 1.67. The first-order valence-electron chi connectivity index (χ1n) is 4.18. The fourth-order valence-corrected chi connectivity index (χ4v) is 2.64. The lowest BCUT2D eigenvalue weighted by Gasteiger charge is -2.05. The maximum absolute atomic E-state index is 11.6. The number of aryl methyl sites for hydroxylation is 1. The third-order valence-corrected chi connectivity index (χ3v) is 3.54. The average molecular weight is 278 g/mol. The van der Waals surface area contributed by atoms with Crippen LogP contribution in [0.3, 0.4) is 0 Å². The molecule has 1 rings (SSSR count). The molecule has 5 heteroatoms. The molecule has 78 valence electrons. The fraction of sp³-hybridized carbons (Fsp3) is 0.333. The van der Waals surface area contributed by atoms with E-state index in [-0.39, 0.29) is 0 Å². The van der Waals surface area contributed by atoms with Crippen LogP contribution in [0.15, 0.2) is 29.2 Å². The van der Waals surface area contributed by atoms with Crippen LogP contribution in [0.1, 0.15) is 5.56 Å². The summed E-state index contributed by atoms with van der Waals surface area (Å²) in [7, 11) is -3.32. The van der Waals surface area contributed by atoms with Gasteiger partial charge in [-0.2, -0.15) is 0 Å². The highest BCUT2D eigenvalue weighted by Crippen LogP contribution is 2.10. The first-order chi connectivity index (χ1) is 6.56. The molecule has 0 aliphatic rings. The summed E-state index contributed by atoms with van der Waals surface area (Å²) in [5.41, 5.74) is 0.937. The molecule has 3 nitrogen and oxygen atoms in total. The van der Waals surface area contributed by atoms with Crippen LogP contribution in [0.2, 0.25) is 0 Å². The standard InChI is InChI=1S/C9H12BrNO2S/c1-8-3-2-4-9(7-8)14(12,13)11-6-5-10/h2-4,7,11H,5-6H2,1H3. The van der Waals surface area contributed by atoms with Crippen molar-refractivity contribution in [1.82, 2.24) is 4.72 Å². The third kappa shape index (κ3) is 3.08. The van der Waals surface area contributed by atoms with E-state index in [2.05, 4.69) is 20.7 Å². The summed E-state index contributed by atoms with van der Waals surface area (Å²) in [6, 6.07) is 6.83. The van der Waals surface area contributed by atoms with Gasteiger partial charge >= 0.3 is 0 Å². The summed E-state index contributed by atoms with van der Waals surface area (Å²) in [5.74, 6) is 0. The van der Waals surface area contributed by atoms with Gasteiger partial charge in [0.05, 0.1) is 4.90 Å². The summed E-state index contributed by atoms with van der Waals surface area (Å²) >= 11 is 3.16. The molecular formula is C9H12BrNO2S. The van der Waals surface area contributed by atoms with Crippen LogP contribution in [0, 0.1) is 6.92 Å². The lowest BCUT2D eigenvalue weighted by Crippen LogP contribution is -2.25. The van der Waals surface area contributed by atoms with Gasteiger partial charge in [0, 0.05) is 11.9 Å². The van der Waals surface area contributed by atoms with Gasteiger partial charge in [-0.1, -0.05) is 28.1 Å². The molecule has 0 spiro atoms. The number of sulfonamides is 1. The molecule has 1 aromatic carbocycles. The lowest BCUT2D eigenvalue weighted by atomic mass is 10.2. The largest absolute Gasteiger partial charge is 0.240 e. The molecule has 0 fully saturated rings. The van der Waals surface area contributed by atoms with E-state index in [1.807, 2.05) is 13.0 Å². The van der Waals surface area contributed by atoms with E-state index >= 15 is 0 Å². The van der Waals surface area contributed by atoms with Crippen molar-refractivity contribution in [3.63, 3.8) is 0 Å². The second-order valence-corrected chi connectivity index (χ2v) is 5.46. The summed E-state index contributed by atoms with van der Waals surface area (Å²) in [6.45, 7) is 2.26. The Morgan fingerprint density at radius 2 is 2.14 bits per heavy atom. The smallest absolute Gasteiger partial charge is 0.210 e. The topological polar surface area (TPSA) is 46.2 Å². The molecule has 0 aliphatic heterocycles. The zero-order valence-electron chi connectivity index (χ0n) is 7.83. The van der Waals surface area contributed by atoms with Crippen molar-refractivity contribution in [3.05, 3.63) is 29.8 Å². The van der Waals surface area contributed by atoms with Crippen molar-refractivity contribution in [2.45, 2.75) is 11.8 Å². The van der Waals surface area contributed by atoms with Gasteiger partial charge in [-0.25, -0.2) is 13.1 Å². The summed E-state index contributed by atoms with van der Waals surface area (Å²) in [4.78, 5) is 0.318. The van der Waals surface area contributed by atoms with Crippen molar-refractivity contribution < 1.29 is 8.42 Å². The zero-order chi connectivity index (χ0) is 10.6. The van der Waals surface area contributed by atoms with Crippen LogP contribution in [-0.2, 0) is 10.0 Å². The van der Waals surface area contributed by atoms with Crippen molar-refractivity contribution in [1.29, 1.82) is 0 Å². The molecule has 0 unspecified atom stereocenters. The van der Waals surface area contributed by atoms with Gasteiger partial charge in [0.25, 0.3) is 0 Å². The summed E-state index contributed by atoms with van der Waals surface area (Å²) in [6.07, 6.45) is 0. The van der Waals surface area contributed by atoms with Crippen molar-refractivity contribution in [3.8, 4) is 0 Å². The molecular weight excluding hydrogens is 266 g/mol. The molecule has 14 heavy (non-hydrogen) atoms. The Hall–Kier alpha value is -0.390. The SMILES string of the molecule is Cc1cccc(S(=O)(=O)NCCBr)c1. The van der Waals surface area contributed by atoms with Gasteiger partial charge in [0.2, 0.25) is 10.0 Å². The van der Waals surface area contributed by atoms with Gasteiger partial charge in [-0.15, -0.1) is 0 Å². The number of hydrogen-bond acceptors (Lipinski definition) is 2. The number of benzene rings is 1. The van der Waals surface area contributed by atoms with Gasteiger partial charge in [-0.05, 0) is 24.6 Å². The van der Waals surface area contributed by atoms with E-state index in [0.29, 0.717) is 16.8 Å². The Kier molecular flexibility index (Phi) is 4.10. The molecule has 1 aromatic rings. The van der Waals surface area contributed by atoms with Crippen LogP contribution in [0.25, 0.3) is 0 Å². The van der Waals surface area contributed by atoms with Crippen LogP contribution >= 0.6 is 15.9 Å². The van der Waals surface area contributed by atoms with Crippen LogP contribution in [0.5, 0.6) is 0 Å². The summed E-state index contributed by atoms with van der Waals surface area (Å²) in [5, 5.41) is 0.609. The number of nitrogens with one attached hydrogen (secondary N) is 1. The third-order valence-electron chi connectivity index (χ3n) is 1.69. The second kappa shape index (κ2) is 4.91. The average Bonchev–Trinajstić information content (AvgIpc) is 2.15. The van der Waals surface area contributed by atoms with Crippen LogP contribution < -0.4 is 4.72 Å². The fourth-order valence-electron chi connectivity index (χ4n) is 1.04. The number of alkyl halides is 1. The van der Waals surface area contributed by atoms with Crippen molar-refractivity contribution in [2.75, 3.05) is 11.9 Å². The molecule has 0 aromatic heterocycles. The lowest BCUT2D eigenvalue weighted by molar-refractivity contribution is 0.584. The molecule has 0 saturated heterocycles. The molecule has 1 N–H and O–H groups in total. The number of rotatable bonds is 4. The van der Waals surface area contributed by atoms with Gasteiger partial charge in [0.1, 0.15) is 0 Å². The van der Waals surface area contributed by atoms with E-state index in [4.69, 9.17) is 0 Å².